The Morgan fingerprint density at radius 3 is 2.89 bits per heavy atom. The average molecular weight is 266 g/mol. The molecule has 0 saturated carbocycles. The molecule has 1 heterocycles. The third-order valence-electron chi connectivity index (χ3n) is 3.17. The van der Waals surface area contributed by atoms with E-state index in [1.165, 1.54) is 5.52 Å². The standard InChI is InChI=1S/C14H20ClN3/c1-3-6-18-13-5-4-11(15)8-12(13)17-14(18)7-10(2)9-16/h4-5,8,10H,3,6-7,9,16H2,1-2H3. The van der Waals surface area contributed by atoms with Crippen LogP contribution in [0.2, 0.25) is 5.02 Å². The summed E-state index contributed by atoms with van der Waals surface area (Å²) < 4.78 is 2.29. The summed E-state index contributed by atoms with van der Waals surface area (Å²) in [5, 5.41) is 0.738. The van der Waals surface area contributed by atoms with Crippen molar-refractivity contribution in [2.75, 3.05) is 6.54 Å². The van der Waals surface area contributed by atoms with Gasteiger partial charge < -0.3 is 10.3 Å². The number of halogens is 1. The molecule has 1 aromatic carbocycles. The molecule has 3 nitrogen and oxygen atoms in total. The number of nitrogens with two attached hydrogens (primary N) is 1. The number of fused-ring (bicyclic) bond motifs is 1. The Hall–Kier alpha value is -1.06. The number of rotatable bonds is 5. The highest BCUT2D eigenvalue weighted by Gasteiger charge is 2.12. The van der Waals surface area contributed by atoms with Crippen LogP contribution < -0.4 is 5.73 Å². The fourth-order valence-electron chi connectivity index (χ4n) is 2.18. The molecule has 98 valence electrons. The van der Waals surface area contributed by atoms with Gasteiger partial charge in [-0.15, -0.1) is 0 Å². The van der Waals surface area contributed by atoms with E-state index < -0.39 is 0 Å². The molecule has 0 aliphatic carbocycles. The molecule has 1 aromatic heterocycles. The molecular formula is C14H20ClN3. The molecule has 0 fully saturated rings. The maximum Gasteiger partial charge on any atom is 0.110 e. The van der Waals surface area contributed by atoms with Crippen LogP contribution in [0.4, 0.5) is 0 Å². The first-order chi connectivity index (χ1) is 8.65. The third kappa shape index (κ3) is 2.68. The predicted octanol–water partition coefficient (Wildman–Crippen LogP) is 3.24. The van der Waals surface area contributed by atoms with Crippen molar-refractivity contribution < 1.29 is 0 Å². The van der Waals surface area contributed by atoms with Gasteiger partial charge in [-0.2, -0.15) is 0 Å². The molecule has 0 radical (unpaired) electrons. The van der Waals surface area contributed by atoms with Crippen LogP contribution in [0.5, 0.6) is 0 Å². The van der Waals surface area contributed by atoms with E-state index in [1.54, 1.807) is 0 Å². The van der Waals surface area contributed by atoms with Crippen molar-refractivity contribution >= 4 is 22.6 Å². The van der Waals surface area contributed by atoms with Gasteiger partial charge in [-0.3, -0.25) is 0 Å². The first-order valence-corrected chi connectivity index (χ1v) is 6.88. The van der Waals surface area contributed by atoms with Gasteiger partial charge in [0.25, 0.3) is 0 Å². The zero-order chi connectivity index (χ0) is 13.1. The van der Waals surface area contributed by atoms with E-state index in [0.717, 1.165) is 35.8 Å². The number of hydrogen-bond acceptors (Lipinski definition) is 2. The highest BCUT2D eigenvalue weighted by atomic mass is 35.5. The lowest BCUT2D eigenvalue weighted by molar-refractivity contribution is 0.544. The molecule has 4 heteroatoms. The van der Waals surface area contributed by atoms with Gasteiger partial charge in [0, 0.05) is 18.0 Å². The minimum Gasteiger partial charge on any atom is -0.330 e. The lowest BCUT2D eigenvalue weighted by atomic mass is 10.1. The summed E-state index contributed by atoms with van der Waals surface area (Å²) in [6, 6.07) is 5.91. The molecular weight excluding hydrogens is 246 g/mol. The lowest BCUT2D eigenvalue weighted by Crippen LogP contribution is -2.16. The van der Waals surface area contributed by atoms with Gasteiger partial charge in [0.05, 0.1) is 11.0 Å². The summed E-state index contributed by atoms with van der Waals surface area (Å²) in [7, 11) is 0. The number of imidazole rings is 1. The van der Waals surface area contributed by atoms with E-state index in [9.17, 15) is 0 Å². The van der Waals surface area contributed by atoms with E-state index in [-0.39, 0.29) is 0 Å². The number of nitrogens with zero attached hydrogens (tertiary/aromatic N) is 2. The van der Waals surface area contributed by atoms with Crippen LogP contribution in [-0.4, -0.2) is 16.1 Å². The second kappa shape index (κ2) is 5.72. The van der Waals surface area contributed by atoms with Crippen molar-refractivity contribution in [2.45, 2.75) is 33.2 Å². The minimum absolute atomic E-state index is 0.452. The molecule has 0 aliphatic heterocycles. The Bertz CT molecular complexity index is 533. The van der Waals surface area contributed by atoms with E-state index in [2.05, 4.69) is 24.5 Å². The summed E-state index contributed by atoms with van der Waals surface area (Å²) in [5.74, 6) is 1.57. The first-order valence-electron chi connectivity index (χ1n) is 6.50. The SMILES string of the molecule is CCCn1c(CC(C)CN)nc2cc(Cl)ccc21. The summed E-state index contributed by atoms with van der Waals surface area (Å²) in [6.07, 6.45) is 2.01. The molecule has 2 aromatic rings. The fraction of sp³-hybridized carbons (Fsp3) is 0.500. The summed E-state index contributed by atoms with van der Waals surface area (Å²) in [5.41, 5.74) is 7.85. The van der Waals surface area contributed by atoms with E-state index in [0.29, 0.717) is 12.5 Å². The van der Waals surface area contributed by atoms with Gasteiger partial charge in [-0.1, -0.05) is 25.4 Å². The number of hydrogen-bond donors (Lipinski definition) is 1. The van der Waals surface area contributed by atoms with Gasteiger partial charge in [-0.25, -0.2) is 4.98 Å². The molecule has 0 saturated heterocycles. The minimum atomic E-state index is 0.452. The third-order valence-corrected chi connectivity index (χ3v) is 3.41. The van der Waals surface area contributed by atoms with Gasteiger partial charge in [-0.05, 0) is 37.1 Å². The van der Waals surface area contributed by atoms with Crippen LogP contribution in [0.15, 0.2) is 18.2 Å². The van der Waals surface area contributed by atoms with E-state index in [1.807, 2.05) is 12.1 Å². The van der Waals surface area contributed by atoms with Crippen LogP contribution >= 0.6 is 11.6 Å². The van der Waals surface area contributed by atoms with Crippen molar-refractivity contribution in [3.63, 3.8) is 0 Å². The highest BCUT2D eigenvalue weighted by Crippen LogP contribution is 2.22. The number of aromatic nitrogens is 2. The molecule has 1 atom stereocenters. The maximum absolute atomic E-state index is 6.02. The Morgan fingerprint density at radius 1 is 1.44 bits per heavy atom. The van der Waals surface area contributed by atoms with E-state index in [4.69, 9.17) is 22.3 Å². The van der Waals surface area contributed by atoms with Crippen LogP contribution in [0, 0.1) is 5.92 Å². The second-order valence-corrected chi connectivity index (χ2v) is 5.29. The molecule has 2 N–H and O–H groups in total. The van der Waals surface area contributed by atoms with Gasteiger partial charge in [0.2, 0.25) is 0 Å². The summed E-state index contributed by atoms with van der Waals surface area (Å²) in [4.78, 5) is 4.70. The van der Waals surface area contributed by atoms with Crippen molar-refractivity contribution in [1.82, 2.24) is 9.55 Å². The van der Waals surface area contributed by atoms with Crippen molar-refractivity contribution in [2.24, 2.45) is 11.7 Å². The first kappa shape index (κ1) is 13.4. The monoisotopic (exact) mass is 265 g/mol. The largest absolute Gasteiger partial charge is 0.330 e. The van der Waals surface area contributed by atoms with Crippen LogP contribution in [-0.2, 0) is 13.0 Å². The smallest absolute Gasteiger partial charge is 0.110 e. The molecule has 2 rings (SSSR count). The summed E-state index contributed by atoms with van der Waals surface area (Å²) in [6.45, 7) is 6.02. The van der Waals surface area contributed by atoms with Crippen LogP contribution in [0.1, 0.15) is 26.1 Å². The quantitative estimate of drug-likeness (QED) is 0.902. The summed E-state index contributed by atoms with van der Waals surface area (Å²) >= 11 is 6.02. The van der Waals surface area contributed by atoms with Crippen molar-refractivity contribution in [1.29, 1.82) is 0 Å². The zero-order valence-corrected chi connectivity index (χ0v) is 11.7. The van der Waals surface area contributed by atoms with E-state index >= 15 is 0 Å². The molecule has 0 amide bonds. The van der Waals surface area contributed by atoms with Crippen LogP contribution in [0.25, 0.3) is 11.0 Å². The Kier molecular flexibility index (Phi) is 4.25. The zero-order valence-electron chi connectivity index (χ0n) is 11.0. The van der Waals surface area contributed by atoms with Gasteiger partial charge >= 0.3 is 0 Å². The molecule has 0 aliphatic rings. The topological polar surface area (TPSA) is 43.8 Å². The molecule has 0 bridgehead atoms. The van der Waals surface area contributed by atoms with Gasteiger partial charge in [0.15, 0.2) is 0 Å². The highest BCUT2D eigenvalue weighted by molar-refractivity contribution is 6.31. The fourth-order valence-corrected chi connectivity index (χ4v) is 2.34. The van der Waals surface area contributed by atoms with Crippen LogP contribution in [0.3, 0.4) is 0 Å². The average Bonchev–Trinajstić information content (AvgIpc) is 2.67. The second-order valence-electron chi connectivity index (χ2n) is 4.86. The van der Waals surface area contributed by atoms with Crippen molar-refractivity contribution in [3.8, 4) is 0 Å². The predicted molar refractivity (Wildman–Crippen MR) is 77.0 cm³/mol. The van der Waals surface area contributed by atoms with Gasteiger partial charge in [0.1, 0.15) is 5.82 Å². The molecule has 18 heavy (non-hydrogen) atoms. The lowest BCUT2D eigenvalue weighted by Gasteiger charge is -2.11. The Balaban J connectivity index is 2.46. The molecule has 0 spiro atoms. The maximum atomic E-state index is 6.02. The Labute approximate surface area is 113 Å². The number of aryl methyl sites for hydroxylation is 1. The normalized spacial score (nSPS) is 13.1. The van der Waals surface area contributed by atoms with Crippen molar-refractivity contribution in [3.05, 3.63) is 29.0 Å². The number of benzene rings is 1. The molecule has 1 unspecified atom stereocenters. The Morgan fingerprint density at radius 2 is 2.22 bits per heavy atom.